The Morgan fingerprint density at radius 1 is 1.33 bits per heavy atom. The van der Waals surface area contributed by atoms with Crippen molar-refractivity contribution in [3.8, 4) is 0 Å². The van der Waals surface area contributed by atoms with Crippen molar-refractivity contribution in [3.05, 3.63) is 47.1 Å². The van der Waals surface area contributed by atoms with E-state index < -0.39 is 0 Å². The van der Waals surface area contributed by atoms with E-state index in [0.29, 0.717) is 17.1 Å². The monoisotopic (exact) mass is 305 g/mol. The number of aromatic nitrogens is 1. The van der Waals surface area contributed by atoms with Crippen molar-refractivity contribution >= 4 is 34.7 Å². The fourth-order valence-electron chi connectivity index (χ4n) is 1.83. The Morgan fingerprint density at radius 3 is 2.67 bits per heavy atom. The van der Waals surface area contributed by atoms with Gasteiger partial charge in [-0.1, -0.05) is 23.7 Å². The van der Waals surface area contributed by atoms with E-state index >= 15 is 0 Å². The summed E-state index contributed by atoms with van der Waals surface area (Å²) in [6, 6.07) is 9.03. The Morgan fingerprint density at radius 2 is 2.05 bits per heavy atom. The van der Waals surface area contributed by atoms with Gasteiger partial charge in [0, 0.05) is 20.3 Å². The number of hydrazine groups is 1. The predicted octanol–water partition coefficient (Wildman–Crippen LogP) is 2.34. The summed E-state index contributed by atoms with van der Waals surface area (Å²) in [6.45, 7) is 0. The van der Waals surface area contributed by atoms with Crippen LogP contribution in [0, 0.1) is 0 Å². The van der Waals surface area contributed by atoms with Crippen LogP contribution in [0.4, 0.5) is 17.2 Å². The average Bonchev–Trinajstić information content (AvgIpc) is 2.47. The number of nitrogens with one attached hydrogen (secondary N) is 2. The van der Waals surface area contributed by atoms with Crippen LogP contribution < -0.4 is 21.5 Å². The first-order valence-electron chi connectivity index (χ1n) is 6.22. The number of rotatable bonds is 4. The summed E-state index contributed by atoms with van der Waals surface area (Å²) in [5.41, 5.74) is 4.33. The molecule has 21 heavy (non-hydrogen) atoms. The van der Waals surface area contributed by atoms with Gasteiger partial charge in [0.15, 0.2) is 5.82 Å². The number of halogens is 1. The number of pyridine rings is 1. The number of para-hydroxylation sites is 2. The zero-order valence-electron chi connectivity index (χ0n) is 11.7. The van der Waals surface area contributed by atoms with Crippen molar-refractivity contribution in [1.82, 2.24) is 4.98 Å². The van der Waals surface area contributed by atoms with Gasteiger partial charge in [-0.2, -0.15) is 0 Å². The van der Waals surface area contributed by atoms with Gasteiger partial charge >= 0.3 is 0 Å². The molecule has 6 nitrogen and oxygen atoms in total. The molecule has 0 fully saturated rings. The zero-order chi connectivity index (χ0) is 15.4. The SMILES string of the molecule is CN(C)c1ccccc1NC(=O)c1cnc(NN)c(Cl)c1. The van der Waals surface area contributed by atoms with E-state index in [1.165, 1.54) is 12.3 Å². The topological polar surface area (TPSA) is 83.3 Å². The maximum atomic E-state index is 12.3. The number of nitrogens with zero attached hydrogens (tertiary/aromatic N) is 2. The lowest BCUT2D eigenvalue weighted by molar-refractivity contribution is 0.102. The standard InChI is InChI=1S/C14H16ClN5O/c1-20(2)12-6-4-3-5-11(12)18-14(21)9-7-10(15)13(19-16)17-8-9/h3-8H,16H2,1-2H3,(H,17,19)(H,18,21). The first-order chi connectivity index (χ1) is 10.0. The molecule has 7 heteroatoms. The Labute approximate surface area is 127 Å². The van der Waals surface area contributed by atoms with Gasteiger partial charge in [0.1, 0.15) is 0 Å². The molecule has 0 spiro atoms. The normalized spacial score (nSPS) is 10.1. The zero-order valence-corrected chi connectivity index (χ0v) is 12.5. The summed E-state index contributed by atoms with van der Waals surface area (Å²) in [4.78, 5) is 18.2. The molecule has 0 atom stereocenters. The van der Waals surface area contributed by atoms with Gasteiger partial charge < -0.3 is 15.6 Å². The van der Waals surface area contributed by atoms with Crippen LogP contribution in [0.15, 0.2) is 36.5 Å². The second kappa shape index (κ2) is 6.43. The highest BCUT2D eigenvalue weighted by molar-refractivity contribution is 6.33. The lowest BCUT2D eigenvalue weighted by atomic mass is 10.2. The molecule has 0 aliphatic rings. The average molecular weight is 306 g/mol. The van der Waals surface area contributed by atoms with Crippen LogP contribution in [0.1, 0.15) is 10.4 Å². The third-order valence-corrected chi connectivity index (χ3v) is 3.16. The second-order valence-corrected chi connectivity index (χ2v) is 4.97. The molecule has 0 saturated carbocycles. The van der Waals surface area contributed by atoms with Crippen LogP contribution in [0.2, 0.25) is 5.02 Å². The Kier molecular flexibility index (Phi) is 4.62. The molecule has 0 aliphatic heterocycles. The predicted molar refractivity (Wildman–Crippen MR) is 85.8 cm³/mol. The molecule has 4 N–H and O–H groups in total. The summed E-state index contributed by atoms with van der Waals surface area (Å²) >= 11 is 5.97. The highest BCUT2D eigenvalue weighted by atomic mass is 35.5. The van der Waals surface area contributed by atoms with E-state index in [1.54, 1.807) is 0 Å². The molecular weight excluding hydrogens is 290 g/mol. The van der Waals surface area contributed by atoms with Crippen molar-refractivity contribution in [2.45, 2.75) is 0 Å². The van der Waals surface area contributed by atoms with Gasteiger partial charge in [0.2, 0.25) is 0 Å². The number of carbonyl (C=O) groups is 1. The minimum absolute atomic E-state index is 0.283. The van der Waals surface area contributed by atoms with E-state index in [4.69, 9.17) is 17.4 Å². The fourth-order valence-corrected chi connectivity index (χ4v) is 2.05. The fraction of sp³-hybridized carbons (Fsp3) is 0.143. The minimum Gasteiger partial charge on any atom is -0.376 e. The van der Waals surface area contributed by atoms with Gasteiger partial charge in [-0.05, 0) is 18.2 Å². The molecule has 1 amide bonds. The molecule has 0 unspecified atom stereocenters. The molecular formula is C14H16ClN5O. The largest absolute Gasteiger partial charge is 0.376 e. The highest BCUT2D eigenvalue weighted by Crippen LogP contribution is 2.25. The lowest BCUT2D eigenvalue weighted by Crippen LogP contribution is -2.17. The van der Waals surface area contributed by atoms with Gasteiger partial charge in [-0.15, -0.1) is 0 Å². The van der Waals surface area contributed by atoms with E-state index in [-0.39, 0.29) is 10.9 Å². The smallest absolute Gasteiger partial charge is 0.257 e. The Balaban J connectivity index is 2.24. The third kappa shape index (κ3) is 3.42. The van der Waals surface area contributed by atoms with Crippen molar-refractivity contribution in [2.24, 2.45) is 5.84 Å². The maximum Gasteiger partial charge on any atom is 0.257 e. The van der Waals surface area contributed by atoms with Crippen LogP contribution in [0.3, 0.4) is 0 Å². The summed E-state index contributed by atoms with van der Waals surface area (Å²) < 4.78 is 0. The molecule has 2 rings (SSSR count). The van der Waals surface area contributed by atoms with Crippen LogP contribution in [-0.4, -0.2) is 25.0 Å². The number of benzene rings is 1. The summed E-state index contributed by atoms with van der Waals surface area (Å²) in [6.07, 6.45) is 1.41. The van der Waals surface area contributed by atoms with Crippen LogP contribution in [-0.2, 0) is 0 Å². The number of nitrogen functional groups attached to an aromatic ring is 1. The molecule has 2 aromatic rings. The molecule has 1 heterocycles. The third-order valence-electron chi connectivity index (χ3n) is 2.87. The van der Waals surface area contributed by atoms with E-state index in [1.807, 2.05) is 43.3 Å². The number of hydrogen-bond donors (Lipinski definition) is 3. The molecule has 0 bridgehead atoms. The van der Waals surface area contributed by atoms with Crippen molar-refractivity contribution in [3.63, 3.8) is 0 Å². The van der Waals surface area contributed by atoms with Crippen LogP contribution in [0.5, 0.6) is 0 Å². The first-order valence-corrected chi connectivity index (χ1v) is 6.60. The molecule has 0 saturated heterocycles. The van der Waals surface area contributed by atoms with Crippen LogP contribution >= 0.6 is 11.6 Å². The second-order valence-electron chi connectivity index (χ2n) is 4.56. The molecule has 1 aromatic heterocycles. The lowest BCUT2D eigenvalue weighted by Gasteiger charge is -2.17. The number of amides is 1. The van der Waals surface area contributed by atoms with Crippen molar-refractivity contribution in [1.29, 1.82) is 0 Å². The molecule has 0 aliphatic carbocycles. The van der Waals surface area contributed by atoms with Gasteiger partial charge in [0.05, 0.1) is 22.0 Å². The number of nitrogens with two attached hydrogens (primary N) is 1. The quantitative estimate of drug-likeness (QED) is 0.596. The number of hydrogen-bond acceptors (Lipinski definition) is 5. The summed E-state index contributed by atoms with van der Waals surface area (Å²) in [5.74, 6) is 5.28. The van der Waals surface area contributed by atoms with E-state index in [2.05, 4.69) is 15.7 Å². The molecule has 1 aromatic carbocycles. The van der Waals surface area contributed by atoms with Crippen molar-refractivity contribution in [2.75, 3.05) is 29.7 Å². The highest BCUT2D eigenvalue weighted by Gasteiger charge is 2.12. The van der Waals surface area contributed by atoms with E-state index in [9.17, 15) is 4.79 Å². The molecule has 110 valence electrons. The summed E-state index contributed by atoms with van der Waals surface area (Å²) in [7, 11) is 3.82. The molecule has 0 radical (unpaired) electrons. The van der Waals surface area contributed by atoms with E-state index in [0.717, 1.165) is 5.69 Å². The van der Waals surface area contributed by atoms with Gasteiger partial charge in [-0.25, -0.2) is 10.8 Å². The maximum absolute atomic E-state index is 12.3. The van der Waals surface area contributed by atoms with Crippen LogP contribution in [0.25, 0.3) is 0 Å². The van der Waals surface area contributed by atoms with Gasteiger partial charge in [0.25, 0.3) is 5.91 Å². The Hall–Kier alpha value is -2.31. The van der Waals surface area contributed by atoms with Crippen molar-refractivity contribution < 1.29 is 4.79 Å². The Bertz CT molecular complexity index is 660. The number of carbonyl (C=O) groups excluding carboxylic acids is 1. The van der Waals surface area contributed by atoms with Gasteiger partial charge in [-0.3, -0.25) is 4.79 Å². The minimum atomic E-state index is -0.290. The first kappa shape index (κ1) is 15.1. The summed E-state index contributed by atoms with van der Waals surface area (Å²) in [5, 5.41) is 3.13. The number of anilines is 3.